The Morgan fingerprint density at radius 2 is 1.95 bits per heavy atom. The van der Waals surface area contributed by atoms with Crippen LogP contribution in [0.25, 0.3) is 0 Å². The van der Waals surface area contributed by atoms with Crippen molar-refractivity contribution in [2.75, 3.05) is 17.7 Å². The Morgan fingerprint density at radius 3 is 2.42 bits per heavy atom. The van der Waals surface area contributed by atoms with Crippen molar-refractivity contribution in [3.8, 4) is 0 Å². The first-order chi connectivity index (χ1) is 8.87. The molecule has 5 heteroatoms. The van der Waals surface area contributed by atoms with Crippen LogP contribution in [0.3, 0.4) is 0 Å². The first-order valence-corrected chi connectivity index (χ1v) is 6.85. The van der Waals surface area contributed by atoms with Crippen LogP contribution < -0.4 is 10.6 Å². The molecule has 0 amide bonds. The molecule has 2 rings (SSSR count). The van der Waals surface area contributed by atoms with Gasteiger partial charge < -0.3 is 15.7 Å². The van der Waals surface area contributed by atoms with Crippen molar-refractivity contribution in [1.29, 1.82) is 0 Å². The van der Waals surface area contributed by atoms with Crippen LogP contribution in [-0.2, 0) is 0 Å². The molecule has 0 saturated heterocycles. The van der Waals surface area contributed by atoms with Gasteiger partial charge in [0.15, 0.2) is 0 Å². The van der Waals surface area contributed by atoms with Gasteiger partial charge >= 0.3 is 0 Å². The molecule has 0 aromatic carbocycles. The Kier molecular flexibility index (Phi) is 3.67. The van der Waals surface area contributed by atoms with Gasteiger partial charge in [-0.1, -0.05) is 27.7 Å². The molecule has 1 fully saturated rings. The van der Waals surface area contributed by atoms with E-state index in [1.807, 2.05) is 7.05 Å². The highest BCUT2D eigenvalue weighted by atomic mass is 16.3. The van der Waals surface area contributed by atoms with Crippen molar-refractivity contribution in [3.63, 3.8) is 0 Å². The number of aliphatic hydroxyl groups is 1. The number of aliphatic hydroxyl groups excluding tert-OH is 1. The molecule has 5 nitrogen and oxygen atoms in total. The summed E-state index contributed by atoms with van der Waals surface area (Å²) in [5, 5.41) is 16.4. The van der Waals surface area contributed by atoms with Crippen LogP contribution in [0, 0.1) is 5.41 Å². The number of hydrogen-bond acceptors (Lipinski definition) is 5. The van der Waals surface area contributed by atoms with E-state index in [0.29, 0.717) is 5.92 Å². The number of hydrogen-bond donors (Lipinski definition) is 3. The van der Waals surface area contributed by atoms with Gasteiger partial charge in [-0.25, -0.2) is 9.97 Å². The summed E-state index contributed by atoms with van der Waals surface area (Å²) in [5.41, 5.74) is 0.987. The minimum atomic E-state index is -0.238. The highest BCUT2D eigenvalue weighted by Crippen LogP contribution is 2.43. The van der Waals surface area contributed by atoms with E-state index in [9.17, 15) is 5.11 Å². The maximum Gasteiger partial charge on any atom is 0.135 e. The average Bonchev–Trinajstić information content (AvgIpc) is 2.37. The second kappa shape index (κ2) is 4.96. The summed E-state index contributed by atoms with van der Waals surface area (Å²) in [4.78, 5) is 8.65. The molecule has 106 valence electrons. The molecule has 3 N–H and O–H groups in total. The normalized spacial score (nSPS) is 25.0. The lowest BCUT2D eigenvalue weighted by Crippen LogP contribution is -2.57. The average molecular weight is 264 g/mol. The predicted molar refractivity (Wildman–Crippen MR) is 77.5 cm³/mol. The fourth-order valence-electron chi connectivity index (χ4n) is 2.57. The molecular formula is C14H24N4O. The monoisotopic (exact) mass is 264 g/mol. The number of rotatable bonds is 4. The largest absolute Gasteiger partial charge is 0.392 e. The second-order valence-corrected chi connectivity index (χ2v) is 6.16. The smallest absolute Gasteiger partial charge is 0.135 e. The Balaban J connectivity index is 2.26. The topological polar surface area (TPSA) is 70.1 Å². The summed E-state index contributed by atoms with van der Waals surface area (Å²) in [6, 6.07) is 0.250. The zero-order valence-corrected chi connectivity index (χ0v) is 12.4. The Labute approximate surface area is 114 Å². The highest BCUT2D eigenvalue weighted by molar-refractivity contribution is 5.59. The van der Waals surface area contributed by atoms with Gasteiger partial charge in [-0.2, -0.15) is 0 Å². The molecule has 1 aliphatic rings. The van der Waals surface area contributed by atoms with Crippen molar-refractivity contribution < 1.29 is 5.11 Å². The van der Waals surface area contributed by atoms with Gasteiger partial charge in [0.1, 0.15) is 18.0 Å². The van der Waals surface area contributed by atoms with Crippen LogP contribution in [0.4, 0.5) is 11.6 Å². The van der Waals surface area contributed by atoms with E-state index in [4.69, 9.17) is 0 Å². The molecule has 2 unspecified atom stereocenters. The van der Waals surface area contributed by atoms with Crippen LogP contribution in [-0.4, -0.2) is 34.3 Å². The van der Waals surface area contributed by atoms with E-state index in [2.05, 4.69) is 48.3 Å². The van der Waals surface area contributed by atoms with Gasteiger partial charge in [0.2, 0.25) is 0 Å². The molecule has 1 heterocycles. The third kappa shape index (κ3) is 2.39. The molecule has 1 aromatic heterocycles. The molecule has 0 radical (unpaired) electrons. The SMILES string of the molecule is CNc1ncnc(NC2CC(O)C2(C)C)c1C(C)C. The van der Waals surface area contributed by atoms with Crippen LogP contribution in [0.1, 0.15) is 45.6 Å². The Hall–Kier alpha value is -1.36. The molecule has 0 bridgehead atoms. The molecule has 1 aliphatic carbocycles. The van der Waals surface area contributed by atoms with Crippen LogP contribution >= 0.6 is 0 Å². The van der Waals surface area contributed by atoms with Gasteiger partial charge in [0.05, 0.1) is 6.10 Å². The molecule has 19 heavy (non-hydrogen) atoms. The van der Waals surface area contributed by atoms with Crippen LogP contribution in [0.2, 0.25) is 0 Å². The van der Waals surface area contributed by atoms with E-state index in [1.165, 1.54) is 0 Å². The lowest BCUT2D eigenvalue weighted by atomic mass is 9.64. The third-order valence-corrected chi connectivity index (χ3v) is 4.22. The molecule has 2 atom stereocenters. The van der Waals surface area contributed by atoms with E-state index in [1.54, 1.807) is 6.33 Å². The molecular weight excluding hydrogens is 240 g/mol. The van der Waals surface area contributed by atoms with Crippen LogP contribution in [0.15, 0.2) is 6.33 Å². The van der Waals surface area contributed by atoms with Crippen molar-refractivity contribution >= 4 is 11.6 Å². The highest BCUT2D eigenvalue weighted by Gasteiger charge is 2.47. The zero-order chi connectivity index (χ0) is 14.2. The van der Waals surface area contributed by atoms with Gasteiger partial charge in [-0.15, -0.1) is 0 Å². The summed E-state index contributed by atoms with van der Waals surface area (Å²) < 4.78 is 0. The second-order valence-electron chi connectivity index (χ2n) is 6.16. The van der Waals surface area contributed by atoms with Crippen molar-refractivity contribution in [2.24, 2.45) is 5.41 Å². The minimum Gasteiger partial charge on any atom is -0.392 e. The third-order valence-electron chi connectivity index (χ3n) is 4.22. The first-order valence-electron chi connectivity index (χ1n) is 6.85. The summed E-state index contributed by atoms with van der Waals surface area (Å²) in [6.07, 6.45) is 2.10. The first kappa shape index (κ1) is 14.1. The predicted octanol–water partition coefficient (Wildman–Crippen LogP) is 2.21. The number of anilines is 2. The van der Waals surface area contributed by atoms with Gasteiger partial charge in [0, 0.05) is 24.1 Å². The van der Waals surface area contributed by atoms with Crippen LogP contribution in [0.5, 0.6) is 0 Å². The summed E-state index contributed by atoms with van der Waals surface area (Å²) in [6.45, 7) is 8.42. The number of aromatic nitrogens is 2. The maximum atomic E-state index is 9.82. The lowest BCUT2D eigenvalue weighted by Gasteiger charge is -2.49. The van der Waals surface area contributed by atoms with Crippen molar-refractivity contribution in [1.82, 2.24) is 9.97 Å². The fraction of sp³-hybridized carbons (Fsp3) is 0.714. The van der Waals surface area contributed by atoms with Crippen molar-refractivity contribution in [3.05, 3.63) is 11.9 Å². The van der Waals surface area contributed by atoms with E-state index in [0.717, 1.165) is 23.6 Å². The Morgan fingerprint density at radius 1 is 1.32 bits per heavy atom. The zero-order valence-electron chi connectivity index (χ0n) is 12.4. The molecule has 0 spiro atoms. The lowest BCUT2D eigenvalue weighted by molar-refractivity contribution is -0.0511. The summed E-state index contributed by atoms with van der Waals surface area (Å²) in [5.74, 6) is 2.07. The van der Waals surface area contributed by atoms with E-state index < -0.39 is 0 Å². The minimum absolute atomic E-state index is 0.112. The Bertz CT molecular complexity index is 459. The van der Waals surface area contributed by atoms with E-state index >= 15 is 0 Å². The molecule has 0 aliphatic heterocycles. The fourth-order valence-corrected chi connectivity index (χ4v) is 2.57. The molecule has 1 aromatic rings. The summed E-state index contributed by atoms with van der Waals surface area (Å²) >= 11 is 0. The van der Waals surface area contributed by atoms with E-state index in [-0.39, 0.29) is 17.6 Å². The standard InChI is InChI=1S/C14H24N4O/c1-8(2)11-12(15-5)16-7-17-13(11)18-9-6-10(19)14(9,3)4/h7-10,19H,6H2,1-5H3,(H2,15,16,17,18). The van der Waals surface area contributed by atoms with Crippen molar-refractivity contribution in [2.45, 2.75) is 52.2 Å². The maximum absolute atomic E-state index is 9.82. The summed E-state index contributed by atoms with van der Waals surface area (Å²) in [7, 11) is 1.87. The van der Waals surface area contributed by atoms with Gasteiger partial charge in [0.25, 0.3) is 0 Å². The quantitative estimate of drug-likeness (QED) is 0.778. The van der Waals surface area contributed by atoms with Gasteiger partial charge in [-0.3, -0.25) is 0 Å². The number of nitrogens with zero attached hydrogens (tertiary/aromatic N) is 2. The number of nitrogens with one attached hydrogen (secondary N) is 2. The molecule has 1 saturated carbocycles. The van der Waals surface area contributed by atoms with Gasteiger partial charge in [-0.05, 0) is 12.3 Å².